The molecule has 3 N–H and O–H groups in total. The molecule has 2 aromatic carbocycles. The van der Waals surface area contributed by atoms with Gasteiger partial charge in [0.2, 0.25) is 0 Å². The molecule has 0 atom stereocenters. The largest absolute Gasteiger partial charge is 0.508 e. The Labute approximate surface area is 150 Å². The third kappa shape index (κ3) is 4.60. The van der Waals surface area contributed by atoms with Crippen molar-refractivity contribution in [3.63, 3.8) is 0 Å². The predicted molar refractivity (Wildman–Crippen MR) is 93.9 cm³/mol. The molecule has 0 unspecified atom stereocenters. The van der Waals surface area contributed by atoms with Crippen molar-refractivity contribution in [2.45, 2.75) is 18.9 Å². The summed E-state index contributed by atoms with van der Waals surface area (Å²) in [6, 6.07) is 12.3. The van der Waals surface area contributed by atoms with E-state index >= 15 is 0 Å². The van der Waals surface area contributed by atoms with Crippen LogP contribution in [0, 0.1) is 0 Å². The monoisotopic (exact) mass is 354 g/mol. The molecule has 2 amide bonds. The molecule has 26 heavy (non-hydrogen) atoms. The smallest absolute Gasteiger partial charge is 0.338 e. The van der Waals surface area contributed by atoms with E-state index in [1.54, 1.807) is 24.3 Å². The zero-order valence-electron chi connectivity index (χ0n) is 13.9. The zero-order valence-corrected chi connectivity index (χ0v) is 13.9. The van der Waals surface area contributed by atoms with E-state index in [1.807, 2.05) is 0 Å². The number of aromatic hydroxyl groups is 1. The third-order valence-corrected chi connectivity index (χ3v) is 3.80. The first-order chi connectivity index (χ1) is 12.5. The maximum Gasteiger partial charge on any atom is 0.338 e. The van der Waals surface area contributed by atoms with E-state index < -0.39 is 18.5 Å². The van der Waals surface area contributed by atoms with Gasteiger partial charge in [-0.2, -0.15) is 0 Å². The lowest BCUT2D eigenvalue weighted by molar-refractivity contribution is -0.119. The minimum Gasteiger partial charge on any atom is -0.508 e. The molecule has 134 valence electrons. The second-order valence-electron chi connectivity index (χ2n) is 5.96. The van der Waals surface area contributed by atoms with Crippen LogP contribution in [0.1, 0.15) is 33.6 Å². The lowest BCUT2D eigenvalue weighted by Gasteiger charge is -2.11. The van der Waals surface area contributed by atoms with Gasteiger partial charge in [0.15, 0.2) is 6.61 Å². The van der Waals surface area contributed by atoms with Crippen LogP contribution < -0.4 is 10.6 Å². The lowest BCUT2D eigenvalue weighted by Crippen LogP contribution is -2.28. The summed E-state index contributed by atoms with van der Waals surface area (Å²) in [4.78, 5) is 36.1. The van der Waals surface area contributed by atoms with Crippen LogP contribution in [0.5, 0.6) is 5.75 Å². The second-order valence-corrected chi connectivity index (χ2v) is 5.96. The Balaban J connectivity index is 1.57. The van der Waals surface area contributed by atoms with Crippen molar-refractivity contribution in [2.75, 3.05) is 11.9 Å². The fourth-order valence-corrected chi connectivity index (χ4v) is 2.28. The molecule has 0 saturated heterocycles. The summed E-state index contributed by atoms with van der Waals surface area (Å²) in [5.74, 6) is -1.45. The van der Waals surface area contributed by atoms with E-state index in [9.17, 15) is 19.5 Å². The number of hydrogen-bond donors (Lipinski definition) is 3. The molecule has 0 aliphatic heterocycles. The average Bonchev–Trinajstić information content (AvgIpc) is 3.44. The summed E-state index contributed by atoms with van der Waals surface area (Å²) < 4.78 is 4.94. The number of ether oxygens (including phenoxy) is 1. The van der Waals surface area contributed by atoms with Crippen molar-refractivity contribution in [3.8, 4) is 5.75 Å². The number of amides is 2. The van der Waals surface area contributed by atoms with Crippen molar-refractivity contribution in [1.29, 1.82) is 0 Å². The molecular formula is C19H18N2O5. The Kier molecular flexibility index (Phi) is 5.17. The van der Waals surface area contributed by atoms with E-state index in [0.717, 1.165) is 12.8 Å². The fourth-order valence-electron chi connectivity index (χ4n) is 2.28. The highest BCUT2D eigenvalue weighted by molar-refractivity contribution is 6.04. The number of esters is 1. The highest BCUT2D eigenvalue weighted by atomic mass is 16.5. The minimum atomic E-state index is -0.681. The Morgan fingerprint density at radius 2 is 1.73 bits per heavy atom. The van der Waals surface area contributed by atoms with Gasteiger partial charge >= 0.3 is 5.97 Å². The lowest BCUT2D eigenvalue weighted by atomic mass is 10.1. The number of carbonyl (C=O) groups is 3. The third-order valence-electron chi connectivity index (χ3n) is 3.80. The normalized spacial score (nSPS) is 12.9. The maximum atomic E-state index is 12.2. The fraction of sp³-hybridized carbons (Fsp3) is 0.211. The molecule has 7 heteroatoms. The molecule has 3 rings (SSSR count). The van der Waals surface area contributed by atoms with Gasteiger partial charge in [-0.15, -0.1) is 0 Å². The van der Waals surface area contributed by atoms with E-state index in [2.05, 4.69) is 10.6 Å². The molecule has 0 heterocycles. The number of anilines is 1. The quantitative estimate of drug-likeness (QED) is 0.689. The van der Waals surface area contributed by atoms with Crippen LogP contribution in [-0.4, -0.2) is 35.5 Å². The summed E-state index contributed by atoms with van der Waals surface area (Å²) in [5, 5.41) is 14.6. The summed E-state index contributed by atoms with van der Waals surface area (Å²) >= 11 is 0. The molecule has 2 aromatic rings. The Morgan fingerprint density at radius 1 is 1.04 bits per heavy atom. The number of rotatable bonds is 6. The van der Waals surface area contributed by atoms with Crippen molar-refractivity contribution >= 4 is 23.5 Å². The molecule has 0 bridgehead atoms. The molecule has 1 aliphatic carbocycles. The number of phenolic OH excluding ortho intramolecular Hbond substituents is 1. The topological polar surface area (TPSA) is 105 Å². The SMILES string of the molecule is O=C(COC(=O)c1ccc(O)cc1)Nc1ccccc1C(=O)NC1CC1. The molecule has 1 fully saturated rings. The van der Waals surface area contributed by atoms with Crippen molar-refractivity contribution in [2.24, 2.45) is 0 Å². The van der Waals surface area contributed by atoms with Crippen LogP contribution >= 0.6 is 0 Å². The Morgan fingerprint density at radius 3 is 2.42 bits per heavy atom. The number of phenols is 1. The summed E-state index contributed by atoms with van der Waals surface area (Å²) in [5.41, 5.74) is 0.939. The number of nitrogens with one attached hydrogen (secondary N) is 2. The molecule has 1 aliphatic rings. The molecule has 0 radical (unpaired) electrons. The van der Waals surface area contributed by atoms with Crippen molar-refractivity contribution in [3.05, 3.63) is 59.7 Å². The number of para-hydroxylation sites is 1. The van der Waals surface area contributed by atoms with Crippen LogP contribution in [0.15, 0.2) is 48.5 Å². The maximum absolute atomic E-state index is 12.2. The van der Waals surface area contributed by atoms with Gasteiger partial charge in [0.05, 0.1) is 16.8 Å². The van der Waals surface area contributed by atoms with Gasteiger partial charge < -0.3 is 20.5 Å². The average molecular weight is 354 g/mol. The first-order valence-electron chi connectivity index (χ1n) is 8.19. The molecule has 1 saturated carbocycles. The first kappa shape index (κ1) is 17.5. The van der Waals surface area contributed by atoms with Gasteiger partial charge in [0.25, 0.3) is 11.8 Å². The standard InChI is InChI=1S/C19H18N2O5/c22-14-9-5-12(6-10-14)19(25)26-11-17(23)21-16-4-2-1-3-15(16)18(24)20-13-7-8-13/h1-6,9-10,13,22H,7-8,11H2,(H,20,24)(H,21,23). The summed E-state index contributed by atoms with van der Waals surface area (Å²) in [6.07, 6.45) is 1.93. The van der Waals surface area contributed by atoms with Crippen LogP contribution in [0.25, 0.3) is 0 Å². The van der Waals surface area contributed by atoms with Gasteiger partial charge in [0.1, 0.15) is 5.75 Å². The van der Waals surface area contributed by atoms with Crippen molar-refractivity contribution in [1.82, 2.24) is 5.32 Å². The van der Waals surface area contributed by atoms with E-state index in [0.29, 0.717) is 11.3 Å². The van der Waals surface area contributed by atoms with E-state index in [-0.39, 0.29) is 23.3 Å². The zero-order chi connectivity index (χ0) is 18.5. The van der Waals surface area contributed by atoms with Gasteiger partial charge in [0, 0.05) is 6.04 Å². The number of carbonyl (C=O) groups excluding carboxylic acids is 3. The van der Waals surface area contributed by atoms with Crippen LogP contribution in [-0.2, 0) is 9.53 Å². The second kappa shape index (κ2) is 7.69. The summed E-state index contributed by atoms with van der Waals surface area (Å²) in [7, 11) is 0. The number of hydrogen-bond acceptors (Lipinski definition) is 5. The predicted octanol–water partition coefficient (Wildman–Crippen LogP) is 2.08. The first-order valence-corrected chi connectivity index (χ1v) is 8.19. The van der Waals surface area contributed by atoms with Gasteiger partial charge in [-0.05, 0) is 49.2 Å². The van der Waals surface area contributed by atoms with E-state index in [4.69, 9.17) is 4.74 Å². The Hall–Kier alpha value is -3.35. The molecule has 0 spiro atoms. The van der Waals surface area contributed by atoms with Crippen LogP contribution in [0.2, 0.25) is 0 Å². The Bertz CT molecular complexity index is 828. The molecular weight excluding hydrogens is 336 g/mol. The van der Waals surface area contributed by atoms with Gasteiger partial charge in [-0.25, -0.2) is 4.79 Å². The van der Waals surface area contributed by atoms with Crippen molar-refractivity contribution < 1.29 is 24.2 Å². The molecule has 7 nitrogen and oxygen atoms in total. The van der Waals surface area contributed by atoms with Crippen LogP contribution in [0.4, 0.5) is 5.69 Å². The highest BCUT2D eigenvalue weighted by Gasteiger charge is 2.25. The summed E-state index contributed by atoms with van der Waals surface area (Å²) in [6.45, 7) is -0.488. The highest BCUT2D eigenvalue weighted by Crippen LogP contribution is 2.21. The van der Waals surface area contributed by atoms with Gasteiger partial charge in [-0.1, -0.05) is 12.1 Å². The van der Waals surface area contributed by atoms with E-state index in [1.165, 1.54) is 24.3 Å². The minimum absolute atomic E-state index is 0.0281. The molecule has 0 aromatic heterocycles. The van der Waals surface area contributed by atoms with Gasteiger partial charge in [-0.3, -0.25) is 9.59 Å². The number of benzene rings is 2. The van der Waals surface area contributed by atoms with Crippen LogP contribution in [0.3, 0.4) is 0 Å².